The van der Waals surface area contributed by atoms with Gasteiger partial charge in [-0.05, 0) is 31.4 Å². The van der Waals surface area contributed by atoms with Crippen LogP contribution >= 0.6 is 11.6 Å². The molecule has 0 aliphatic carbocycles. The van der Waals surface area contributed by atoms with Crippen LogP contribution in [-0.4, -0.2) is 34.7 Å². The molecule has 20 heavy (non-hydrogen) atoms. The molecule has 6 nitrogen and oxygen atoms in total. The van der Waals surface area contributed by atoms with Gasteiger partial charge < -0.3 is 9.47 Å². The predicted molar refractivity (Wildman–Crippen MR) is 72.7 cm³/mol. The molecule has 106 valence electrons. The van der Waals surface area contributed by atoms with E-state index in [2.05, 4.69) is 10.3 Å². The smallest absolute Gasteiger partial charge is 0.341 e. The van der Waals surface area contributed by atoms with Crippen molar-refractivity contribution in [2.24, 2.45) is 0 Å². The van der Waals surface area contributed by atoms with Gasteiger partial charge in [-0.2, -0.15) is 0 Å². The summed E-state index contributed by atoms with van der Waals surface area (Å²) in [6, 6.07) is 3.45. The Kier molecular flexibility index (Phi) is 3.58. The number of esters is 1. The number of hydrogen-bond acceptors (Lipinski definition) is 5. The molecular weight excluding hydrogens is 282 g/mol. The summed E-state index contributed by atoms with van der Waals surface area (Å²) in [4.78, 5) is 11.8. The second-order valence-electron chi connectivity index (χ2n) is 4.64. The maximum Gasteiger partial charge on any atom is 0.341 e. The third-order valence-electron chi connectivity index (χ3n) is 3.41. The molecule has 0 saturated carbocycles. The van der Waals surface area contributed by atoms with E-state index in [0.717, 1.165) is 24.8 Å². The van der Waals surface area contributed by atoms with Crippen LogP contribution in [0.5, 0.6) is 0 Å². The number of nitrogens with zero attached hydrogens (tertiary/aromatic N) is 3. The first-order chi connectivity index (χ1) is 9.72. The Bertz CT molecular complexity index is 650. The summed E-state index contributed by atoms with van der Waals surface area (Å²) in [6.07, 6.45) is 2.89. The van der Waals surface area contributed by atoms with E-state index in [1.165, 1.54) is 7.11 Å². The number of carbonyl (C=O) groups excluding carboxylic acids is 1. The normalized spacial score (nSPS) is 19.2. The second-order valence-corrected chi connectivity index (χ2v) is 5.04. The number of methoxy groups -OCH3 is 1. The Balaban J connectivity index is 2.11. The second kappa shape index (κ2) is 5.38. The number of hydrogen-bond donors (Lipinski definition) is 0. The number of rotatable bonds is 2. The van der Waals surface area contributed by atoms with Gasteiger partial charge in [0.1, 0.15) is 11.1 Å². The lowest BCUT2D eigenvalue weighted by atomic mass is 10.1. The summed E-state index contributed by atoms with van der Waals surface area (Å²) in [5.74, 6) is -0.516. The lowest BCUT2D eigenvalue weighted by molar-refractivity contribution is -0.0377. The van der Waals surface area contributed by atoms with Crippen LogP contribution in [0.2, 0.25) is 5.02 Å². The van der Waals surface area contributed by atoms with Gasteiger partial charge in [0, 0.05) is 6.61 Å². The first kappa shape index (κ1) is 13.3. The van der Waals surface area contributed by atoms with Crippen molar-refractivity contribution in [3.8, 4) is 0 Å². The molecular formula is C13H14ClN3O3. The van der Waals surface area contributed by atoms with Crippen LogP contribution in [-0.2, 0) is 9.47 Å². The summed E-state index contributed by atoms with van der Waals surface area (Å²) in [6.45, 7) is 0.712. The Labute approximate surface area is 120 Å². The molecule has 3 rings (SSSR count). The molecule has 1 unspecified atom stereocenters. The van der Waals surface area contributed by atoms with Gasteiger partial charge in [0.2, 0.25) is 0 Å². The number of carbonyl (C=O) groups is 1. The maximum atomic E-state index is 11.8. The molecule has 1 saturated heterocycles. The van der Waals surface area contributed by atoms with E-state index >= 15 is 0 Å². The Hall–Kier alpha value is -1.66. The SMILES string of the molecule is COC(=O)c1c(Cl)ccc2c1nnn2C1CCCCO1. The largest absolute Gasteiger partial charge is 0.465 e. The van der Waals surface area contributed by atoms with Crippen molar-refractivity contribution in [3.05, 3.63) is 22.7 Å². The van der Waals surface area contributed by atoms with Crippen molar-refractivity contribution >= 4 is 28.6 Å². The van der Waals surface area contributed by atoms with Crippen LogP contribution < -0.4 is 0 Å². The van der Waals surface area contributed by atoms with Gasteiger partial charge in [-0.25, -0.2) is 9.48 Å². The summed E-state index contributed by atoms with van der Waals surface area (Å²) >= 11 is 6.06. The zero-order chi connectivity index (χ0) is 14.1. The highest BCUT2D eigenvalue weighted by Crippen LogP contribution is 2.29. The van der Waals surface area contributed by atoms with Crippen LogP contribution in [0.3, 0.4) is 0 Å². The molecule has 0 bridgehead atoms. The zero-order valence-corrected chi connectivity index (χ0v) is 11.8. The standard InChI is InChI=1S/C13H14ClN3O3/c1-19-13(18)11-8(14)5-6-9-12(11)15-16-17(9)10-4-2-3-7-20-10/h5-6,10H,2-4,7H2,1H3. The first-order valence-corrected chi connectivity index (χ1v) is 6.83. The monoisotopic (exact) mass is 295 g/mol. The highest BCUT2D eigenvalue weighted by atomic mass is 35.5. The molecule has 0 spiro atoms. The summed E-state index contributed by atoms with van der Waals surface area (Å²) < 4.78 is 12.2. The number of aromatic nitrogens is 3. The predicted octanol–water partition coefficient (Wildman–Crippen LogP) is 2.57. The molecule has 2 heterocycles. The molecule has 0 N–H and O–H groups in total. The highest BCUT2D eigenvalue weighted by molar-refractivity contribution is 6.35. The van der Waals surface area contributed by atoms with Crippen LogP contribution in [0.1, 0.15) is 35.8 Å². The number of halogens is 1. The van der Waals surface area contributed by atoms with Crippen molar-refractivity contribution < 1.29 is 14.3 Å². The summed E-state index contributed by atoms with van der Waals surface area (Å²) in [5.41, 5.74) is 1.41. The van der Waals surface area contributed by atoms with Gasteiger partial charge in [0.05, 0.1) is 17.6 Å². The van der Waals surface area contributed by atoms with E-state index in [1.807, 2.05) is 0 Å². The molecule has 0 amide bonds. The van der Waals surface area contributed by atoms with Crippen LogP contribution in [0.4, 0.5) is 0 Å². The number of ether oxygens (including phenoxy) is 2. The van der Waals surface area contributed by atoms with Crippen molar-refractivity contribution in [2.75, 3.05) is 13.7 Å². The van der Waals surface area contributed by atoms with Gasteiger partial charge in [-0.1, -0.05) is 16.8 Å². The van der Waals surface area contributed by atoms with Crippen molar-refractivity contribution in [2.45, 2.75) is 25.5 Å². The molecule has 1 fully saturated rings. The molecule has 7 heteroatoms. The summed E-state index contributed by atoms with van der Waals surface area (Å²) in [7, 11) is 1.31. The highest BCUT2D eigenvalue weighted by Gasteiger charge is 2.23. The van der Waals surface area contributed by atoms with E-state index in [-0.39, 0.29) is 11.8 Å². The topological polar surface area (TPSA) is 66.2 Å². The van der Waals surface area contributed by atoms with Gasteiger partial charge in [-0.15, -0.1) is 5.10 Å². The average Bonchev–Trinajstić information content (AvgIpc) is 2.91. The third kappa shape index (κ3) is 2.14. The molecule has 1 aliphatic rings. The minimum absolute atomic E-state index is 0.138. The van der Waals surface area contributed by atoms with E-state index in [9.17, 15) is 4.79 Å². The Morgan fingerprint density at radius 3 is 3.05 bits per heavy atom. The first-order valence-electron chi connectivity index (χ1n) is 6.45. The van der Waals surface area contributed by atoms with Crippen molar-refractivity contribution in [3.63, 3.8) is 0 Å². The zero-order valence-electron chi connectivity index (χ0n) is 11.0. The van der Waals surface area contributed by atoms with Gasteiger partial charge in [0.25, 0.3) is 0 Å². The van der Waals surface area contributed by atoms with Gasteiger partial charge in [0.15, 0.2) is 6.23 Å². The molecule has 1 atom stereocenters. The number of benzene rings is 1. The van der Waals surface area contributed by atoms with E-state index in [1.54, 1.807) is 16.8 Å². The van der Waals surface area contributed by atoms with Crippen molar-refractivity contribution in [1.82, 2.24) is 15.0 Å². The van der Waals surface area contributed by atoms with Gasteiger partial charge >= 0.3 is 5.97 Å². The van der Waals surface area contributed by atoms with E-state index < -0.39 is 5.97 Å². The maximum absolute atomic E-state index is 11.8. The molecule has 1 aromatic heterocycles. The van der Waals surface area contributed by atoms with E-state index in [0.29, 0.717) is 17.1 Å². The van der Waals surface area contributed by atoms with Crippen LogP contribution in [0, 0.1) is 0 Å². The lowest BCUT2D eigenvalue weighted by Crippen LogP contribution is -2.19. The fourth-order valence-corrected chi connectivity index (χ4v) is 2.64. The molecule has 1 aliphatic heterocycles. The summed E-state index contributed by atoms with van der Waals surface area (Å²) in [5, 5.41) is 8.49. The van der Waals surface area contributed by atoms with E-state index in [4.69, 9.17) is 21.1 Å². The molecule has 0 radical (unpaired) electrons. The molecule has 1 aromatic carbocycles. The minimum atomic E-state index is -0.516. The quantitative estimate of drug-likeness (QED) is 0.797. The minimum Gasteiger partial charge on any atom is -0.465 e. The van der Waals surface area contributed by atoms with Crippen LogP contribution in [0.15, 0.2) is 12.1 Å². The van der Waals surface area contributed by atoms with Gasteiger partial charge in [-0.3, -0.25) is 0 Å². The third-order valence-corrected chi connectivity index (χ3v) is 3.73. The Morgan fingerprint density at radius 2 is 2.35 bits per heavy atom. The fourth-order valence-electron chi connectivity index (χ4n) is 2.41. The van der Waals surface area contributed by atoms with Crippen LogP contribution in [0.25, 0.3) is 11.0 Å². The number of fused-ring (bicyclic) bond motifs is 1. The molecule has 2 aromatic rings. The fraction of sp³-hybridized carbons (Fsp3) is 0.462. The Morgan fingerprint density at radius 1 is 1.50 bits per heavy atom. The van der Waals surface area contributed by atoms with Crippen molar-refractivity contribution in [1.29, 1.82) is 0 Å². The average molecular weight is 296 g/mol. The lowest BCUT2D eigenvalue weighted by Gasteiger charge is -2.22.